The zero-order valence-electron chi connectivity index (χ0n) is 13.9. The van der Waals surface area contributed by atoms with Gasteiger partial charge in [0.2, 0.25) is 11.9 Å². The molecule has 7 nitrogen and oxygen atoms in total. The fourth-order valence-corrected chi connectivity index (χ4v) is 3.83. The number of aromatic amines is 1. The summed E-state index contributed by atoms with van der Waals surface area (Å²) >= 11 is 0. The Morgan fingerprint density at radius 2 is 2.12 bits per heavy atom. The van der Waals surface area contributed by atoms with E-state index in [1.54, 1.807) is 0 Å². The van der Waals surface area contributed by atoms with E-state index in [0.29, 0.717) is 12.5 Å². The molecule has 0 spiro atoms. The summed E-state index contributed by atoms with van der Waals surface area (Å²) in [7, 11) is 0. The SMILES string of the molecule is O=C1CCCN1c1cnn(C2CCN(c3nc4ccccc4[nH]3)C2)c1. The molecule has 7 heteroatoms. The van der Waals surface area contributed by atoms with Crippen molar-refractivity contribution in [3.8, 4) is 0 Å². The summed E-state index contributed by atoms with van der Waals surface area (Å²) in [6, 6.07) is 8.40. The number of amides is 1. The van der Waals surface area contributed by atoms with Crippen molar-refractivity contribution in [2.75, 3.05) is 29.4 Å². The van der Waals surface area contributed by atoms with Crippen LogP contribution in [0.5, 0.6) is 0 Å². The molecule has 25 heavy (non-hydrogen) atoms. The molecule has 2 aliphatic heterocycles. The first-order valence-electron chi connectivity index (χ1n) is 8.82. The van der Waals surface area contributed by atoms with Crippen LogP contribution in [0.15, 0.2) is 36.7 Å². The van der Waals surface area contributed by atoms with Crippen molar-refractivity contribution in [3.63, 3.8) is 0 Å². The van der Waals surface area contributed by atoms with Gasteiger partial charge in [-0.25, -0.2) is 4.98 Å². The summed E-state index contributed by atoms with van der Waals surface area (Å²) in [5.74, 6) is 1.13. The number of hydrogen-bond donors (Lipinski definition) is 1. The van der Waals surface area contributed by atoms with Crippen LogP contribution in [0, 0.1) is 0 Å². The minimum Gasteiger partial charge on any atom is -0.340 e. The normalized spacial score (nSPS) is 21.0. The molecule has 0 radical (unpaired) electrons. The van der Waals surface area contributed by atoms with Gasteiger partial charge in [0, 0.05) is 32.3 Å². The summed E-state index contributed by atoms with van der Waals surface area (Å²) in [5.41, 5.74) is 2.98. The van der Waals surface area contributed by atoms with Crippen molar-refractivity contribution < 1.29 is 4.79 Å². The summed E-state index contributed by atoms with van der Waals surface area (Å²) in [5, 5.41) is 4.51. The second-order valence-corrected chi connectivity index (χ2v) is 6.79. The summed E-state index contributed by atoms with van der Waals surface area (Å²) < 4.78 is 2.00. The van der Waals surface area contributed by atoms with Crippen LogP contribution in [0.2, 0.25) is 0 Å². The molecule has 0 bridgehead atoms. The zero-order chi connectivity index (χ0) is 16.8. The van der Waals surface area contributed by atoms with Gasteiger partial charge in [0.05, 0.1) is 29.0 Å². The van der Waals surface area contributed by atoms with Crippen LogP contribution in [0.25, 0.3) is 11.0 Å². The Morgan fingerprint density at radius 1 is 1.20 bits per heavy atom. The van der Waals surface area contributed by atoms with Crippen LogP contribution in [-0.2, 0) is 4.79 Å². The molecule has 128 valence electrons. The lowest BCUT2D eigenvalue weighted by molar-refractivity contribution is -0.117. The molecule has 1 unspecified atom stereocenters. The van der Waals surface area contributed by atoms with Gasteiger partial charge < -0.3 is 14.8 Å². The molecule has 2 aromatic heterocycles. The third-order valence-corrected chi connectivity index (χ3v) is 5.19. The van der Waals surface area contributed by atoms with Gasteiger partial charge in [0.1, 0.15) is 0 Å². The number of H-pyrrole nitrogens is 1. The lowest BCUT2D eigenvalue weighted by atomic mass is 10.3. The van der Waals surface area contributed by atoms with E-state index in [1.807, 2.05) is 46.2 Å². The van der Waals surface area contributed by atoms with E-state index in [2.05, 4.69) is 20.0 Å². The van der Waals surface area contributed by atoms with Crippen molar-refractivity contribution in [1.29, 1.82) is 0 Å². The van der Waals surface area contributed by atoms with E-state index in [4.69, 9.17) is 0 Å². The molecule has 3 aromatic rings. The highest BCUT2D eigenvalue weighted by molar-refractivity contribution is 5.95. The Labute approximate surface area is 145 Å². The Morgan fingerprint density at radius 3 is 2.96 bits per heavy atom. The van der Waals surface area contributed by atoms with Crippen molar-refractivity contribution in [3.05, 3.63) is 36.7 Å². The monoisotopic (exact) mass is 336 g/mol. The molecule has 1 N–H and O–H groups in total. The number of carbonyl (C=O) groups excluding carboxylic acids is 1. The molecule has 2 aliphatic rings. The number of nitrogens with zero attached hydrogens (tertiary/aromatic N) is 5. The van der Waals surface area contributed by atoms with Gasteiger partial charge in [-0.05, 0) is 25.0 Å². The second-order valence-electron chi connectivity index (χ2n) is 6.79. The topological polar surface area (TPSA) is 70.1 Å². The third-order valence-electron chi connectivity index (χ3n) is 5.19. The lowest BCUT2D eigenvalue weighted by Gasteiger charge is -2.15. The van der Waals surface area contributed by atoms with E-state index >= 15 is 0 Å². The first-order valence-corrected chi connectivity index (χ1v) is 8.82. The van der Waals surface area contributed by atoms with E-state index < -0.39 is 0 Å². The number of para-hydroxylation sites is 2. The highest BCUT2D eigenvalue weighted by Crippen LogP contribution is 2.28. The van der Waals surface area contributed by atoms with Crippen LogP contribution in [0.4, 0.5) is 11.6 Å². The van der Waals surface area contributed by atoms with Gasteiger partial charge in [-0.1, -0.05) is 12.1 Å². The van der Waals surface area contributed by atoms with Crippen LogP contribution < -0.4 is 9.80 Å². The highest BCUT2D eigenvalue weighted by atomic mass is 16.2. The highest BCUT2D eigenvalue weighted by Gasteiger charge is 2.28. The predicted molar refractivity (Wildman–Crippen MR) is 95.8 cm³/mol. The molecule has 1 atom stereocenters. The fraction of sp³-hybridized carbons (Fsp3) is 0.389. The largest absolute Gasteiger partial charge is 0.340 e. The molecule has 1 amide bonds. The third kappa shape index (κ3) is 2.47. The molecule has 1 aromatic carbocycles. The van der Waals surface area contributed by atoms with Gasteiger partial charge in [-0.2, -0.15) is 5.10 Å². The van der Waals surface area contributed by atoms with E-state index in [0.717, 1.165) is 55.1 Å². The second kappa shape index (κ2) is 5.61. The van der Waals surface area contributed by atoms with Gasteiger partial charge in [-0.3, -0.25) is 9.48 Å². The number of aromatic nitrogens is 4. The Balaban J connectivity index is 1.33. The van der Waals surface area contributed by atoms with Crippen LogP contribution in [-0.4, -0.2) is 45.3 Å². The van der Waals surface area contributed by atoms with Crippen molar-refractivity contribution in [2.24, 2.45) is 0 Å². The van der Waals surface area contributed by atoms with E-state index in [1.165, 1.54) is 0 Å². The average molecular weight is 336 g/mol. The van der Waals surface area contributed by atoms with Crippen molar-refractivity contribution in [1.82, 2.24) is 19.7 Å². The fourth-order valence-electron chi connectivity index (χ4n) is 3.83. The molecule has 0 saturated carbocycles. The lowest BCUT2D eigenvalue weighted by Crippen LogP contribution is -2.23. The minimum atomic E-state index is 0.204. The van der Waals surface area contributed by atoms with Crippen LogP contribution in [0.1, 0.15) is 25.3 Å². The maximum Gasteiger partial charge on any atom is 0.227 e. The first kappa shape index (κ1) is 14.5. The number of carbonyl (C=O) groups is 1. The van der Waals surface area contributed by atoms with E-state index in [9.17, 15) is 4.79 Å². The smallest absolute Gasteiger partial charge is 0.227 e. The number of imidazole rings is 1. The van der Waals surface area contributed by atoms with Crippen LogP contribution in [0.3, 0.4) is 0 Å². The number of benzene rings is 1. The quantitative estimate of drug-likeness (QED) is 0.797. The molecule has 2 saturated heterocycles. The number of fused-ring (bicyclic) bond motifs is 1. The van der Waals surface area contributed by atoms with Crippen molar-refractivity contribution >= 4 is 28.6 Å². The minimum absolute atomic E-state index is 0.204. The Kier molecular flexibility index (Phi) is 3.26. The Bertz CT molecular complexity index is 895. The molecule has 2 fully saturated rings. The van der Waals surface area contributed by atoms with Gasteiger partial charge in [-0.15, -0.1) is 0 Å². The van der Waals surface area contributed by atoms with E-state index in [-0.39, 0.29) is 5.91 Å². The molecular formula is C18H20N6O. The number of anilines is 2. The predicted octanol–water partition coefficient (Wildman–Crippen LogP) is 2.34. The number of nitrogens with one attached hydrogen (secondary N) is 1. The maximum absolute atomic E-state index is 11.9. The van der Waals surface area contributed by atoms with Crippen LogP contribution >= 0.6 is 0 Å². The summed E-state index contributed by atoms with van der Waals surface area (Å²) in [4.78, 5) is 24.1. The Hall–Kier alpha value is -2.83. The first-order chi connectivity index (χ1) is 12.3. The van der Waals surface area contributed by atoms with Gasteiger partial charge >= 0.3 is 0 Å². The molecule has 5 rings (SSSR count). The van der Waals surface area contributed by atoms with Gasteiger partial charge in [0.15, 0.2) is 0 Å². The molecular weight excluding hydrogens is 316 g/mol. The molecule has 0 aliphatic carbocycles. The number of hydrogen-bond acceptors (Lipinski definition) is 4. The summed E-state index contributed by atoms with van der Waals surface area (Å²) in [6.07, 6.45) is 6.43. The zero-order valence-corrected chi connectivity index (χ0v) is 13.9. The average Bonchev–Trinajstić information content (AvgIpc) is 3.39. The van der Waals surface area contributed by atoms with Gasteiger partial charge in [0.25, 0.3) is 0 Å². The summed E-state index contributed by atoms with van der Waals surface area (Å²) in [6.45, 7) is 2.62. The molecule has 4 heterocycles. The maximum atomic E-state index is 11.9. The van der Waals surface area contributed by atoms with Crippen molar-refractivity contribution in [2.45, 2.75) is 25.3 Å². The standard InChI is InChI=1S/C18H20N6O/c25-17-6-3-8-23(17)14-10-19-24(12-14)13-7-9-22(11-13)18-20-15-4-1-2-5-16(15)21-18/h1-2,4-5,10,12-13H,3,6-9,11H2,(H,20,21). The number of rotatable bonds is 3.